The number of carbonyl (C=O) groups is 2. The van der Waals surface area contributed by atoms with Gasteiger partial charge in [-0.2, -0.15) is 0 Å². The Morgan fingerprint density at radius 2 is 1.64 bits per heavy atom. The SMILES string of the molecule is O=C(CCC(=O)c1ccccc1)NC1CCN(CC2CCCC2)CC1. The Bertz CT molecular complexity index is 559. The van der Waals surface area contributed by atoms with Gasteiger partial charge in [-0.1, -0.05) is 43.2 Å². The molecule has 1 aliphatic heterocycles. The number of likely N-dealkylation sites (tertiary alicyclic amines) is 1. The van der Waals surface area contributed by atoms with E-state index >= 15 is 0 Å². The van der Waals surface area contributed by atoms with Crippen LogP contribution in [0.3, 0.4) is 0 Å². The van der Waals surface area contributed by atoms with E-state index in [4.69, 9.17) is 0 Å². The van der Waals surface area contributed by atoms with Gasteiger partial charge in [0.2, 0.25) is 5.91 Å². The summed E-state index contributed by atoms with van der Waals surface area (Å²) >= 11 is 0. The third-order valence-electron chi connectivity index (χ3n) is 5.62. The van der Waals surface area contributed by atoms with Gasteiger partial charge in [-0.05, 0) is 31.6 Å². The zero-order chi connectivity index (χ0) is 17.5. The lowest BCUT2D eigenvalue weighted by Gasteiger charge is -2.33. The second-order valence-corrected chi connectivity index (χ2v) is 7.58. The second kappa shape index (κ2) is 9.14. The van der Waals surface area contributed by atoms with E-state index in [0.29, 0.717) is 5.56 Å². The van der Waals surface area contributed by atoms with Crippen molar-refractivity contribution in [3.63, 3.8) is 0 Å². The first-order valence-corrected chi connectivity index (χ1v) is 9.80. The Morgan fingerprint density at radius 1 is 0.960 bits per heavy atom. The molecule has 4 heteroatoms. The Morgan fingerprint density at radius 3 is 2.32 bits per heavy atom. The fourth-order valence-corrected chi connectivity index (χ4v) is 4.11. The zero-order valence-corrected chi connectivity index (χ0v) is 15.1. The lowest BCUT2D eigenvalue weighted by Crippen LogP contribution is -2.45. The van der Waals surface area contributed by atoms with Crippen LogP contribution in [0.15, 0.2) is 30.3 Å². The first-order chi connectivity index (χ1) is 12.2. The summed E-state index contributed by atoms with van der Waals surface area (Å²) in [7, 11) is 0. The predicted molar refractivity (Wildman–Crippen MR) is 99.6 cm³/mol. The highest BCUT2D eigenvalue weighted by molar-refractivity contribution is 5.97. The first-order valence-electron chi connectivity index (χ1n) is 9.80. The molecule has 1 heterocycles. The molecular weight excluding hydrogens is 312 g/mol. The average molecular weight is 342 g/mol. The molecule has 136 valence electrons. The van der Waals surface area contributed by atoms with Crippen molar-refractivity contribution in [1.82, 2.24) is 10.2 Å². The molecule has 0 atom stereocenters. The normalized spacial score (nSPS) is 19.8. The molecule has 1 amide bonds. The summed E-state index contributed by atoms with van der Waals surface area (Å²) in [6.45, 7) is 3.42. The zero-order valence-electron chi connectivity index (χ0n) is 15.1. The number of amides is 1. The number of nitrogens with one attached hydrogen (secondary N) is 1. The predicted octanol–water partition coefficient (Wildman–Crippen LogP) is 3.42. The van der Waals surface area contributed by atoms with E-state index in [2.05, 4.69) is 10.2 Å². The molecule has 1 saturated carbocycles. The van der Waals surface area contributed by atoms with Gasteiger partial charge in [0.05, 0.1) is 0 Å². The number of rotatable bonds is 7. The van der Waals surface area contributed by atoms with Gasteiger partial charge >= 0.3 is 0 Å². The number of carbonyl (C=O) groups excluding carboxylic acids is 2. The van der Waals surface area contributed by atoms with E-state index in [1.165, 1.54) is 32.2 Å². The van der Waals surface area contributed by atoms with E-state index < -0.39 is 0 Å². The fraction of sp³-hybridized carbons (Fsp3) is 0.619. The number of Topliss-reactive ketones (excluding diaryl/α,β-unsaturated/α-hetero) is 1. The van der Waals surface area contributed by atoms with Crippen LogP contribution < -0.4 is 5.32 Å². The summed E-state index contributed by atoms with van der Waals surface area (Å²) in [6, 6.07) is 9.49. The van der Waals surface area contributed by atoms with Gasteiger partial charge in [-0.3, -0.25) is 9.59 Å². The summed E-state index contributed by atoms with van der Waals surface area (Å²) in [5.74, 6) is 0.954. The molecule has 4 nitrogen and oxygen atoms in total. The van der Waals surface area contributed by atoms with E-state index in [1.807, 2.05) is 18.2 Å². The lowest BCUT2D eigenvalue weighted by atomic mass is 10.0. The van der Waals surface area contributed by atoms with Gasteiger partial charge in [0, 0.05) is 44.1 Å². The quantitative estimate of drug-likeness (QED) is 0.773. The third kappa shape index (κ3) is 5.67. The first kappa shape index (κ1) is 18.1. The minimum atomic E-state index is 0.0125. The maximum atomic E-state index is 12.1. The highest BCUT2D eigenvalue weighted by Crippen LogP contribution is 2.26. The molecule has 1 aromatic rings. The number of piperidine rings is 1. The molecule has 1 saturated heterocycles. The molecular formula is C21H30N2O2. The Balaban J connectivity index is 1.33. The summed E-state index contributed by atoms with van der Waals surface area (Å²) < 4.78 is 0. The highest BCUT2D eigenvalue weighted by Gasteiger charge is 2.24. The van der Waals surface area contributed by atoms with Crippen LogP contribution >= 0.6 is 0 Å². The monoisotopic (exact) mass is 342 g/mol. The minimum Gasteiger partial charge on any atom is -0.353 e. The molecule has 0 radical (unpaired) electrons. The van der Waals surface area contributed by atoms with Crippen LogP contribution in [-0.4, -0.2) is 42.3 Å². The standard InChI is InChI=1S/C21H30N2O2/c24-20(18-8-2-1-3-9-18)10-11-21(25)22-19-12-14-23(15-13-19)16-17-6-4-5-7-17/h1-3,8-9,17,19H,4-7,10-16H2,(H,22,25). The van der Waals surface area contributed by atoms with Crippen molar-refractivity contribution in [1.29, 1.82) is 0 Å². The molecule has 1 aromatic carbocycles. The molecule has 2 fully saturated rings. The Labute approximate surface area is 151 Å². The lowest BCUT2D eigenvalue weighted by molar-refractivity contribution is -0.122. The molecule has 1 N–H and O–H groups in total. The molecule has 0 unspecified atom stereocenters. The summed E-state index contributed by atoms with van der Waals surface area (Å²) in [4.78, 5) is 26.8. The van der Waals surface area contributed by atoms with E-state index in [9.17, 15) is 9.59 Å². The summed E-state index contributed by atoms with van der Waals surface area (Å²) in [6.07, 6.45) is 8.23. The van der Waals surface area contributed by atoms with E-state index in [1.54, 1.807) is 12.1 Å². The number of hydrogen-bond donors (Lipinski definition) is 1. The smallest absolute Gasteiger partial charge is 0.220 e. The van der Waals surface area contributed by atoms with Gasteiger partial charge in [0.1, 0.15) is 0 Å². The molecule has 25 heavy (non-hydrogen) atoms. The van der Waals surface area contributed by atoms with Crippen molar-refractivity contribution in [2.45, 2.75) is 57.4 Å². The second-order valence-electron chi connectivity index (χ2n) is 7.58. The third-order valence-corrected chi connectivity index (χ3v) is 5.62. The van der Waals surface area contributed by atoms with E-state index in [-0.39, 0.29) is 30.6 Å². The van der Waals surface area contributed by atoms with Gasteiger partial charge < -0.3 is 10.2 Å². The van der Waals surface area contributed by atoms with Crippen LogP contribution in [0.4, 0.5) is 0 Å². The van der Waals surface area contributed by atoms with Crippen molar-refractivity contribution in [2.24, 2.45) is 5.92 Å². The molecule has 0 aromatic heterocycles. The maximum absolute atomic E-state index is 12.1. The summed E-state index contributed by atoms with van der Waals surface area (Å²) in [5, 5.41) is 3.12. The molecule has 0 spiro atoms. The molecule has 3 rings (SSSR count). The molecule has 0 bridgehead atoms. The minimum absolute atomic E-state index is 0.0125. The van der Waals surface area contributed by atoms with Gasteiger partial charge in [-0.25, -0.2) is 0 Å². The number of nitrogens with zero attached hydrogens (tertiary/aromatic N) is 1. The van der Waals surface area contributed by atoms with Gasteiger partial charge in [-0.15, -0.1) is 0 Å². The highest BCUT2D eigenvalue weighted by atomic mass is 16.2. The number of benzene rings is 1. The van der Waals surface area contributed by atoms with Crippen molar-refractivity contribution in [2.75, 3.05) is 19.6 Å². The fourth-order valence-electron chi connectivity index (χ4n) is 4.11. The molecule has 2 aliphatic rings. The van der Waals surface area contributed by atoms with Crippen molar-refractivity contribution >= 4 is 11.7 Å². The van der Waals surface area contributed by atoms with Gasteiger partial charge in [0.15, 0.2) is 5.78 Å². The topological polar surface area (TPSA) is 49.4 Å². The molecule has 1 aliphatic carbocycles. The largest absolute Gasteiger partial charge is 0.353 e. The van der Waals surface area contributed by atoms with Crippen LogP contribution in [0.1, 0.15) is 61.7 Å². The Kier molecular flexibility index (Phi) is 6.62. The van der Waals surface area contributed by atoms with Crippen LogP contribution in [0.25, 0.3) is 0 Å². The van der Waals surface area contributed by atoms with E-state index in [0.717, 1.165) is 31.8 Å². The van der Waals surface area contributed by atoms with Gasteiger partial charge in [0.25, 0.3) is 0 Å². The van der Waals surface area contributed by atoms with Crippen LogP contribution in [0.5, 0.6) is 0 Å². The summed E-state index contributed by atoms with van der Waals surface area (Å²) in [5.41, 5.74) is 0.690. The van der Waals surface area contributed by atoms with Crippen molar-refractivity contribution < 1.29 is 9.59 Å². The van der Waals surface area contributed by atoms with Crippen molar-refractivity contribution in [3.05, 3.63) is 35.9 Å². The maximum Gasteiger partial charge on any atom is 0.220 e. The van der Waals surface area contributed by atoms with Crippen LogP contribution in [-0.2, 0) is 4.79 Å². The average Bonchev–Trinajstić information content (AvgIpc) is 3.15. The van der Waals surface area contributed by atoms with Crippen LogP contribution in [0, 0.1) is 5.92 Å². The Hall–Kier alpha value is -1.68. The number of ketones is 1. The number of hydrogen-bond acceptors (Lipinski definition) is 3. The van der Waals surface area contributed by atoms with Crippen molar-refractivity contribution in [3.8, 4) is 0 Å². The van der Waals surface area contributed by atoms with Crippen LogP contribution in [0.2, 0.25) is 0 Å².